The minimum Gasteiger partial charge on any atom is -0.322 e. The maximum atomic E-state index is 13.5. The highest BCUT2D eigenvalue weighted by atomic mass is 35.5. The van der Waals surface area contributed by atoms with Crippen LogP contribution in [0.4, 0.5) is 11.4 Å². The first-order valence-electron chi connectivity index (χ1n) is 9.98. The van der Waals surface area contributed by atoms with E-state index >= 15 is 0 Å². The summed E-state index contributed by atoms with van der Waals surface area (Å²) in [6.07, 6.45) is 0. The molecule has 1 heterocycles. The molecule has 0 unspecified atom stereocenters. The Labute approximate surface area is 190 Å². The van der Waals surface area contributed by atoms with Gasteiger partial charge in [-0.1, -0.05) is 41.4 Å². The van der Waals surface area contributed by atoms with Crippen LogP contribution in [0.25, 0.3) is 22.2 Å². The fraction of sp³-hybridized carbons (Fsp3) is 0.120. The van der Waals surface area contributed by atoms with Gasteiger partial charge in [0.25, 0.3) is 11.6 Å². The zero-order valence-corrected chi connectivity index (χ0v) is 18.5. The fourth-order valence-corrected chi connectivity index (χ4v) is 4.01. The minimum atomic E-state index is -0.492. The summed E-state index contributed by atoms with van der Waals surface area (Å²) in [5, 5.41) is 15.3. The van der Waals surface area contributed by atoms with Gasteiger partial charge in [-0.25, -0.2) is 4.98 Å². The number of hydrogen-bond donors (Lipinski definition) is 1. The quantitative estimate of drug-likeness (QED) is 0.282. The summed E-state index contributed by atoms with van der Waals surface area (Å²) in [5.74, 6) is -0.351. The molecule has 0 saturated heterocycles. The van der Waals surface area contributed by atoms with Crippen molar-refractivity contribution < 1.29 is 9.72 Å². The van der Waals surface area contributed by atoms with Crippen molar-refractivity contribution in [2.24, 2.45) is 0 Å². The lowest BCUT2D eigenvalue weighted by atomic mass is 9.94. The number of fused-ring (bicyclic) bond motifs is 1. The van der Waals surface area contributed by atoms with Crippen molar-refractivity contribution in [3.8, 4) is 11.3 Å². The highest BCUT2D eigenvalue weighted by molar-refractivity contribution is 6.30. The number of aromatic nitrogens is 1. The van der Waals surface area contributed by atoms with Gasteiger partial charge in [0.05, 0.1) is 21.7 Å². The van der Waals surface area contributed by atoms with E-state index in [1.807, 2.05) is 45.0 Å². The van der Waals surface area contributed by atoms with Crippen molar-refractivity contribution in [2.75, 3.05) is 5.32 Å². The maximum Gasteiger partial charge on any atom is 0.271 e. The maximum absolute atomic E-state index is 13.5. The molecule has 6 nitrogen and oxygen atoms in total. The van der Waals surface area contributed by atoms with E-state index in [-0.39, 0.29) is 11.6 Å². The molecule has 7 heteroatoms. The molecule has 160 valence electrons. The van der Waals surface area contributed by atoms with Crippen molar-refractivity contribution >= 4 is 39.8 Å². The Balaban J connectivity index is 1.91. The SMILES string of the molecule is Cc1cc(C)c2nc(-c3ccc(Cl)cc3)c(C)c(C(=O)Nc3cccc([N+](=O)[O-])c3)c2c1. The fourth-order valence-electron chi connectivity index (χ4n) is 3.89. The number of rotatable bonds is 4. The van der Waals surface area contributed by atoms with Crippen LogP contribution in [0.2, 0.25) is 5.02 Å². The summed E-state index contributed by atoms with van der Waals surface area (Å²) < 4.78 is 0. The van der Waals surface area contributed by atoms with E-state index in [4.69, 9.17) is 16.6 Å². The predicted octanol–water partition coefficient (Wildman–Crippen LogP) is 6.64. The van der Waals surface area contributed by atoms with Crippen molar-refractivity contribution in [3.63, 3.8) is 0 Å². The monoisotopic (exact) mass is 445 g/mol. The molecule has 0 saturated carbocycles. The number of nitrogens with zero attached hydrogens (tertiary/aromatic N) is 2. The molecule has 0 radical (unpaired) electrons. The van der Waals surface area contributed by atoms with Crippen LogP contribution < -0.4 is 5.32 Å². The summed E-state index contributed by atoms with van der Waals surface area (Å²) >= 11 is 6.05. The molecular weight excluding hydrogens is 426 g/mol. The Morgan fingerprint density at radius 2 is 1.75 bits per heavy atom. The molecule has 1 amide bonds. The summed E-state index contributed by atoms with van der Waals surface area (Å²) in [5.41, 5.74) is 5.70. The molecule has 0 aliphatic heterocycles. The number of aryl methyl sites for hydroxylation is 2. The van der Waals surface area contributed by atoms with E-state index in [1.165, 1.54) is 12.1 Å². The average Bonchev–Trinajstić information content (AvgIpc) is 2.74. The third kappa shape index (κ3) is 4.05. The molecule has 0 fully saturated rings. The third-order valence-corrected chi connectivity index (χ3v) is 5.58. The first-order valence-corrected chi connectivity index (χ1v) is 10.4. The second-order valence-electron chi connectivity index (χ2n) is 7.71. The van der Waals surface area contributed by atoms with Gasteiger partial charge in [-0.15, -0.1) is 0 Å². The zero-order valence-electron chi connectivity index (χ0n) is 17.8. The van der Waals surface area contributed by atoms with E-state index < -0.39 is 4.92 Å². The first kappa shape index (κ1) is 21.5. The number of halogens is 1. The van der Waals surface area contributed by atoms with Gasteiger partial charge in [0.1, 0.15) is 0 Å². The molecule has 3 aromatic carbocycles. The number of hydrogen-bond acceptors (Lipinski definition) is 4. The Kier molecular flexibility index (Phi) is 5.63. The molecule has 0 spiro atoms. The number of nitro groups is 1. The van der Waals surface area contributed by atoms with Crippen molar-refractivity contribution in [1.82, 2.24) is 4.98 Å². The van der Waals surface area contributed by atoms with Crippen LogP contribution in [0.15, 0.2) is 60.7 Å². The minimum absolute atomic E-state index is 0.0901. The normalized spacial score (nSPS) is 10.9. The summed E-state index contributed by atoms with van der Waals surface area (Å²) in [4.78, 5) is 29.0. The predicted molar refractivity (Wildman–Crippen MR) is 127 cm³/mol. The lowest BCUT2D eigenvalue weighted by molar-refractivity contribution is -0.384. The summed E-state index contributed by atoms with van der Waals surface area (Å²) in [7, 11) is 0. The van der Waals surface area contributed by atoms with Gasteiger partial charge in [-0.2, -0.15) is 0 Å². The van der Waals surface area contributed by atoms with Gasteiger partial charge in [-0.3, -0.25) is 14.9 Å². The van der Waals surface area contributed by atoms with Crippen LogP contribution in [0.3, 0.4) is 0 Å². The molecule has 0 aliphatic carbocycles. The number of benzene rings is 3. The lowest BCUT2D eigenvalue weighted by Crippen LogP contribution is -2.15. The van der Waals surface area contributed by atoms with Crippen LogP contribution >= 0.6 is 11.6 Å². The number of carbonyl (C=O) groups excluding carboxylic acids is 1. The van der Waals surface area contributed by atoms with Crippen LogP contribution in [-0.4, -0.2) is 15.8 Å². The van der Waals surface area contributed by atoms with E-state index in [0.29, 0.717) is 27.5 Å². The molecule has 32 heavy (non-hydrogen) atoms. The van der Waals surface area contributed by atoms with Crippen LogP contribution in [0.1, 0.15) is 27.0 Å². The van der Waals surface area contributed by atoms with Crippen molar-refractivity contribution in [1.29, 1.82) is 0 Å². The largest absolute Gasteiger partial charge is 0.322 e. The highest BCUT2D eigenvalue weighted by Crippen LogP contribution is 2.33. The molecule has 0 bridgehead atoms. The average molecular weight is 446 g/mol. The van der Waals surface area contributed by atoms with Gasteiger partial charge >= 0.3 is 0 Å². The van der Waals surface area contributed by atoms with Crippen LogP contribution in [0.5, 0.6) is 0 Å². The van der Waals surface area contributed by atoms with Crippen LogP contribution in [0, 0.1) is 30.9 Å². The molecule has 4 aromatic rings. The van der Waals surface area contributed by atoms with Gasteiger partial charge in [-0.05, 0) is 56.2 Å². The Morgan fingerprint density at radius 3 is 2.44 bits per heavy atom. The van der Waals surface area contributed by atoms with Crippen molar-refractivity contribution in [2.45, 2.75) is 20.8 Å². The van der Waals surface area contributed by atoms with Crippen molar-refractivity contribution in [3.05, 3.63) is 98.1 Å². The zero-order chi connectivity index (χ0) is 23.0. The third-order valence-electron chi connectivity index (χ3n) is 5.33. The lowest BCUT2D eigenvalue weighted by Gasteiger charge is -2.16. The Morgan fingerprint density at radius 1 is 1.03 bits per heavy atom. The van der Waals surface area contributed by atoms with Gasteiger partial charge in [0.2, 0.25) is 0 Å². The van der Waals surface area contributed by atoms with Crippen LogP contribution in [-0.2, 0) is 0 Å². The second kappa shape index (κ2) is 8.40. The Bertz CT molecular complexity index is 1380. The summed E-state index contributed by atoms with van der Waals surface area (Å²) in [6.45, 7) is 5.79. The molecular formula is C25H20ClN3O3. The Hall–Kier alpha value is -3.77. The van der Waals surface area contributed by atoms with E-state index in [0.717, 1.165) is 27.6 Å². The standard InChI is InChI=1S/C25H20ClN3O3/c1-14-11-15(2)23-21(12-14)22(16(3)24(28-23)17-7-9-18(26)10-8-17)25(30)27-19-5-4-6-20(13-19)29(31)32/h4-13H,1-3H3,(H,27,30). The molecule has 0 atom stereocenters. The number of nitro benzene ring substituents is 1. The topological polar surface area (TPSA) is 85.1 Å². The van der Waals surface area contributed by atoms with Gasteiger partial charge in [0.15, 0.2) is 0 Å². The number of amides is 1. The molecule has 1 aromatic heterocycles. The van der Waals surface area contributed by atoms with E-state index in [2.05, 4.69) is 5.32 Å². The van der Waals surface area contributed by atoms with E-state index in [1.54, 1.807) is 24.3 Å². The van der Waals surface area contributed by atoms with Gasteiger partial charge in [0, 0.05) is 33.8 Å². The summed E-state index contributed by atoms with van der Waals surface area (Å²) in [6, 6.07) is 17.2. The number of pyridine rings is 1. The molecule has 1 N–H and O–H groups in total. The molecule has 4 rings (SSSR count). The second-order valence-corrected chi connectivity index (χ2v) is 8.14. The first-order chi connectivity index (χ1) is 15.2. The highest BCUT2D eigenvalue weighted by Gasteiger charge is 2.21. The number of carbonyl (C=O) groups is 1. The number of non-ortho nitro benzene ring substituents is 1. The van der Waals surface area contributed by atoms with E-state index in [9.17, 15) is 14.9 Å². The number of nitrogens with one attached hydrogen (secondary N) is 1. The number of anilines is 1. The smallest absolute Gasteiger partial charge is 0.271 e. The van der Waals surface area contributed by atoms with Gasteiger partial charge < -0.3 is 5.32 Å². The molecule has 0 aliphatic rings.